The van der Waals surface area contributed by atoms with Crippen LogP contribution in [0.3, 0.4) is 0 Å². The average molecular weight is 438 g/mol. The lowest BCUT2D eigenvalue weighted by Crippen LogP contribution is -2.38. The fourth-order valence-corrected chi connectivity index (χ4v) is 3.31. The molecule has 0 spiro atoms. The smallest absolute Gasteiger partial charge is 0.386 e. The molecule has 7 nitrogen and oxygen atoms in total. The van der Waals surface area contributed by atoms with Gasteiger partial charge in [-0.1, -0.05) is 0 Å². The molecule has 0 radical (unpaired) electrons. The van der Waals surface area contributed by atoms with Gasteiger partial charge in [-0.05, 0) is 45.4 Å². The van der Waals surface area contributed by atoms with Crippen LogP contribution in [0.25, 0.3) is 0 Å². The summed E-state index contributed by atoms with van der Waals surface area (Å²) in [7, 11) is 0. The molecule has 2 aromatic rings. The first-order chi connectivity index (χ1) is 14.5. The Balaban J connectivity index is 2.03. The Hall–Kier alpha value is -2.97. The first-order valence-corrected chi connectivity index (χ1v) is 9.64. The molecule has 0 unspecified atom stereocenters. The number of aliphatic hydroxyl groups is 1. The third-order valence-electron chi connectivity index (χ3n) is 4.86. The molecule has 11 heteroatoms. The second-order valence-corrected chi connectivity index (χ2v) is 7.81. The van der Waals surface area contributed by atoms with Crippen molar-refractivity contribution in [3.63, 3.8) is 0 Å². The molecule has 2 heterocycles. The molecule has 3 rings (SSSR count). The fourth-order valence-electron chi connectivity index (χ4n) is 3.31. The van der Waals surface area contributed by atoms with E-state index in [1.807, 2.05) is 0 Å². The first-order valence-electron chi connectivity index (χ1n) is 9.64. The summed E-state index contributed by atoms with van der Waals surface area (Å²) in [6, 6.07) is 3.57. The molecule has 0 aliphatic carbocycles. The molecule has 1 fully saturated rings. The fraction of sp³-hybridized carbons (Fsp3) is 0.450. The van der Waals surface area contributed by atoms with Crippen molar-refractivity contribution in [3.8, 4) is 6.07 Å². The highest BCUT2D eigenvalue weighted by molar-refractivity contribution is 5.67. The number of hydrogen-bond acceptors (Lipinski definition) is 7. The Labute approximate surface area is 176 Å². The minimum absolute atomic E-state index is 0.0110. The molecule has 1 saturated heterocycles. The van der Waals surface area contributed by atoms with Gasteiger partial charge in [-0.15, -0.1) is 0 Å². The van der Waals surface area contributed by atoms with E-state index in [4.69, 9.17) is 5.26 Å². The van der Waals surface area contributed by atoms with Crippen LogP contribution >= 0.6 is 0 Å². The van der Waals surface area contributed by atoms with Gasteiger partial charge in [0.1, 0.15) is 23.3 Å². The number of anilines is 3. The lowest BCUT2D eigenvalue weighted by atomic mass is 9.94. The van der Waals surface area contributed by atoms with Crippen LogP contribution in [0.5, 0.6) is 0 Å². The number of nitriles is 1. The Bertz CT molecular complexity index is 991. The van der Waals surface area contributed by atoms with Gasteiger partial charge in [0, 0.05) is 30.0 Å². The molecule has 0 bridgehead atoms. The summed E-state index contributed by atoms with van der Waals surface area (Å²) in [4.78, 5) is 7.75. The van der Waals surface area contributed by atoms with Gasteiger partial charge in [-0.25, -0.2) is 9.37 Å². The van der Waals surface area contributed by atoms with Crippen molar-refractivity contribution in [2.24, 2.45) is 0 Å². The maximum Gasteiger partial charge on any atom is 0.421 e. The van der Waals surface area contributed by atoms with Gasteiger partial charge < -0.3 is 21.1 Å². The summed E-state index contributed by atoms with van der Waals surface area (Å²) in [5.74, 6) is -1.54. The van der Waals surface area contributed by atoms with E-state index in [-0.39, 0.29) is 28.8 Å². The number of alkyl halides is 3. The van der Waals surface area contributed by atoms with Crippen molar-refractivity contribution in [1.29, 1.82) is 5.26 Å². The lowest BCUT2D eigenvalue weighted by Gasteiger charge is -2.25. The number of halogens is 4. The summed E-state index contributed by atoms with van der Waals surface area (Å²) in [6.45, 7) is 4.24. The second kappa shape index (κ2) is 8.64. The van der Waals surface area contributed by atoms with Gasteiger partial charge in [0.25, 0.3) is 0 Å². The van der Waals surface area contributed by atoms with Crippen LogP contribution in [0.2, 0.25) is 0 Å². The maximum atomic E-state index is 14.2. The van der Waals surface area contributed by atoms with Crippen molar-refractivity contribution >= 4 is 17.5 Å². The van der Waals surface area contributed by atoms with E-state index in [0.717, 1.165) is 31.5 Å². The standard InChI is InChI=1S/C20H22F4N6O/c1-19(2,31)13-6-11(8-25)15(21)7-16(13)29-17-14(20(22,23)24)10-27-18(30-17)28-12-4-3-5-26-9-12/h6-7,10,12,26,31H,3-5,9H2,1-2H3,(H2,27,28,29,30)/t12-/m0/s1. The normalized spacial score (nSPS) is 17.2. The summed E-state index contributed by atoms with van der Waals surface area (Å²) >= 11 is 0. The minimum Gasteiger partial charge on any atom is -0.386 e. The molecular weight excluding hydrogens is 416 g/mol. The molecule has 1 aliphatic heterocycles. The van der Waals surface area contributed by atoms with Crippen LogP contribution in [0.1, 0.15) is 43.4 Å². The quantitative estimate of drug-likeness (QED) is 0.528. The van der Waals surface area contributed by atoms with Crippen LogP contribution in [0.15, 0.2) is 18.3 Å². The zero-order valence-corrected chi connectivity index (χ0v) is 16.9. The van der Waals surface area contributed by atoms with E-state index >= 15 is 0 Å². The Morgan fingerprint density at radius 1 is 1.26 bits per heavy atom. The zero-order valence-electron chi connectivity index (χ0n) is 16.9. The summed E-state index contributed by atoms with van der Waals surface area (Å²) in [5.41, 5.74) is -3.15. The molecule has 31 heavy (non-hydrogen) atoms. The monoisotopic (exact) mass is 438 g/mol. The number of nitrogens with one attached hydrogen (secondary N) is 3. The first kappa shape index (κ1) is 22.7. The largest absolute Gasteiger partial charge is 0.421 e. The predicted octanol–water partition coefficient (Wildman–Crippen LogP) is 3.64. The molecule has 1 aliphatic rings. The van der Waals surface area contributed by atoms with Gasteiger partial charge in [0.15, 0.2) is 0 Å². The Morgan fingerprint density at radius 2 is 2.00 bits per heavy atom. The summed E-state index contributed by atoms with van der Waals surface area (Å²) in [5, 5.41) is 28.1. The van der Waals surface area contributed by atoms with Crippen molar-refractivity contribution in [3.05, 3.63) is 40.8 Å². The van der Waals surface area contributed by atoms with Crippen molar-refractivity contribution in [1.82, 2.24) is 15.3 Å². The second-order valence-electron chi connectivity index (χ2n) is 7.81. The highest BCUT2D eigenvalue weighted by atomic mass is 19.4. The van der Waals surface area contributed by atoms with Gasteiger partial charge in [-0.2, -0.15) is 23.4 Å². The highest BCUT2D eigenvalue weighted by Gasteiger charge is 2.36. The molecule has 166 valence electrons. The number of hydrogen-bond donors (Lipinski definition) is 4. The zero-order chi connectivity index (χ0) is 22.8. The minimum atomic E-state index is -4.77. The summed E-state index contributed by atoms with van der Waals surface area (Å²) < 4.78 is 54.9. The van der Waals surface area contributed by atoms with Crippen molar-refractivity contribution in [2.45, 2.75) is 44.5 Å². The van der Waals surface area contributed by atoms with Gasteiger partial charge in [0.2, 0.25) is 5.95 Å². The molecule has 1 aromatic carbocycles. The number of nitrogens with zero attached hydrogens (tertiary/aromatic N) is 3. The van der Waals surface area contributed by atoms with Crippen LogP contribution in [0, 0.1) is 17.1 Å². The van der Waals surface area contributed by atoms with E-state index in [1.54, 1.807) is 6.07 Å². The number of piperidine rings is 1. The number of benzene rings is 1. The predicted molar refractivity (Wildman–Crippen MR) is 106 cm³/mol. The van der Waals surface area contributed by atoms with E-state index in [2.05, 4.69) is 25.9 Å². The van der Waals surface area contributed by atoms with Crippen LogP contribution in [0.4, 0.5) is 35.0 Å². The molecule has 0 amide bonds. The van der Waals surface area contributed by atoms with Crippen LogP contribution < -0.4 is 16.0 Å². The van der Waals surface area contributed by atoms with Gasteiger partial charge in [-0.3, -0.25) is 0 Å². The van der Waals surface area contributed by atoms with E-state index < -0.39 is 29.0 Å². The average Bonchev–Trinajstić information content (AvgIpc) is 2.67. The maximum absolute atomic E-state index is 14.2. The number of rotatable bonds is 5. The molecule has 4 N–H and O–H groups in total. The third-order valence-corrected chi connectivity index (χ3v) is 4.86. The van der Waals surface area contributed by atoms with Gasteiger partial charge in [0.05, 0.1) is 11.2 Å². The van der Waals surface area contributed by atoms with Crippen LogP contribution in [-0.4, -0.2) is 34.2 Å². The lowest BCUT2D eigenvalue weighted by molar-refractivity contribution is -0.137. The van der Waals surface area contributed by atoms with E-state index in [9.17, 15) is 22.7 Å². The SMILES string of the molecule is CC(C)(O)c1cc(C#N)c(F)cc1Nc1nc(N[C@H]2CCCNC2)ncc1C(F)(F)F. The number of aromatic nitrogens is 2. The topological polar surface area (TPSA) is 106 Å². The summed E-state index contributed by atoms with van der Waals surface area (Å²) in [6.07, 6.45) is -2.41. The highest BCUT2D eigenvalue weighted by Crippen LogP contribution is 2.38. The van der Waals surface area contributed by atoms with Gasteiger partial charge >= 0.3 is 6.18 Å². The molecule has 0 saturated carbocycles. The van der Waals surface area contributed by atoms with Crippen LogP contribution in [-0.2, 0) is 11.8 Å². The van der Waals surface area contributed by atoms with Crippen molar-refractivity contribution in [2.75, 3.05) is 23.7 Å². The third kappa shape index (κ3) is 5.39. The van der Waals surface area contributed by atoms with Crippen molar-refractivity contribution < 1.29 is 22.7 Å². The Kier molecular flexibility index (Phi) is 6.33. The van der Waals surface area contributed by atoms with E-state index in [0.29, 0.717) is 12.7 Å². The Morgan fingerprint density at radius 3 is 2.58 bits per heavy atom. The molecular formula is C20H22F4N6O. The molecule has 1 aromatic heterocycles. The van der Waals surface area contributed by atoms with E-state index in [1.165, 1.54) is 13.8 Å². The molecule has 1 atom stereocenters.